The molecule has 2 aromatic rings. The number of nitrogen functional groups attached to an aromatic ring is 1. The highest BCUT2D eigenvalue weighted by Gasteiger charge is 2.09. The van der Waals surface area contributed by atoms with Crippen molar-refractivity contribution in [2.24, 2.45) is 5.84 Å². The number of rotatable bonds is 5. The Morgan fingerprint density at radius 3 is 2.75 bits per heavy atom. The normalized spacial score (nSPS) is 10.1. The lowest BCUT2D eigenvalue weighted by Crippen LogP contribution is -2.17. The Bertz CT molecular complexity index is 591. The smallest absolute Gasteiger partial charge is 0.224 e. The number of hydrogen-bond acceptors (Lipinski definition) is 5. The average Bonchev–Trinajstić information content (AvgIpc) is 2.48. The van der Waals surface area contributed by atoms with Gasteiger partial charge in [0.25, 0.3) is 0 Å². The van der Waals surface area contributed by atoms with Gasteiger partial charge in [-0.2, -0.15) is 4.98 Å². The molecule has 0 unspecified atom stereocenters. The number of hydrogen-bond donors (Lipinski definition) is 3. The van der Waals surface area contributed by atoms with Gasteiger partial charge in [0, 0.05) is 6.42 Å². The predicted molar refractivity (Wildman–Crippen MR) is 78.2 cm³/mol. The number of anilines is 2. The van der Waals surface area contributed by atoms with Gasteiger partial charge in [0.1, 0.15) is 5.69 Å². The molecule has 1 aromatic heterocycles. The molecule has 0 aliphatic carbocycles. The SMILES string of the molecule is NNc1nc(Cl)ncc1NC(=O)CCc1ccccc1. The van der Waals surface area contributed by atoms with Crippen molar-refractivity contribution in [1.82, 2.24) is 9.97 Å². The zero-order chi connectivity index (χ0) is 14.4. The van der Waals surface area contributed by atoms with E-state index in [1.54, 1.807) is 0 Å². The number of benzene rings is 1. The number of aryl methyl sites for hydroxylation is 1. The van der Waals surface area contributed by atoms with Crippen molar-refractivity contribution in [1.29, 1.82) is 0 Å². The highest BCUT2D eigenvalue weighted by Crippen LogP contribution is 2.18. The van der Waals surface area contributed by atoms with Crippen molar-refractivity contribution in [2.45, 2.75) is 12.8 Å². The molecule has 6 nitrogen and oxygen atoms in total. The molecular formula is C13H14ClN5O. The first kappa shape index (κ1) is 14.2. The molecule has 2 rings (SSSR count). The fourth-order valence-corrected chi connectivity index (χ4v) is 1.81. The van der Waals surface area contributed by atoms with Crippen LogP contribution in [0.2, 0.25) is 5.28 Å². The summed E-state index contributed by atoms with van der Waals surface area (Å²) < 4.78 is 0. The van der Waals surface area contributed by atoms with E-state index in [1.165, 1.54) is 6.20 Å². The van der Waals surface area contributed by atoms with Gasteiger partial charge in [-0.1, -0.05) is 30.3 Å². The number of halogens is 1. The standard InChI is InChI=1S/C13H14ClN5O/c14-13-16-8-10(12(18-13)19-15)17-11(20)7-6-9-4-2-1-3-5-9/h1-5,8H,6-7,15H2,(H,17,20)(H,16,18,19). The van der Waals surface area contributed by atoms with Gasteiger partial charge in [0.05, 0.1) is 6.20 Å². The van der Waals surface area contributed by atoms with E-state index in [2.05, 4.69) is 20.7 Å². The van der Waals surface area contributed by atoms with Crippen LogP contribution in [-0.4, -0.2) is 15.9 Å². The maximum atomic E-state index is 11.9. The predicted octanol–water partition coefficient (Wildman–Crippen LogP) is 1.99. The molecule has 104 valence electrons. The second-order valence-corrected chi connectivity index (χ2v) is 4.42. The molecule has 0 aliphatic heterocycles. The van der Waals surface area contributed by atoms with E-state index in [0.29, 0.717) is 18.5 Å². The highest BCUT2D eigenvalue weighted by molar-refractivity contribution is 6.28. The van der Waals surface area contributed by atoms with Crippen molar-refractivity contribution in [3.63, 3.8) is 0 Å². The van der Waals surface area contributed by atoms with Crippen molar-refractivity contribution in [3.05, 3.63) is 47.4 Å². The largest absolute Gasteiger partial charge is 0.322 e. The second-order valence-electron chi connectivity index (χ2n) is 4.08. The summed E-state index contributed by atoms with van der Waals surface area (Å²) in [6.07, 6.45) is 2.42. The van der Waals surface area contributed by atoms with Crippen LogP contribution in [0.4, 0.5) is 11.5 Å². The van der Waals surface area contributed by atoms with Crippen molar-refractivity contribution >= 4 is 29.0 Å². The third-order valence-electron chi connectivity index (χ3n) is 2.65. The van der Waals surface area contributed by atoms with Crippen molar-refractivity contribution in [3.8, 4) is 0 Å². The first-order valence-electron chi connectivity index (χ1n) is 6.02. The lowest BCUT2D eigenvalue weighted by atomic mass is 10.1. The fourth-order valence-electron chi connectivity index (χ4n) is 1.68. The Hall–Kier alpha value is -2.18. The van der Waals surface area contributed by atoms with E-state index >= 15 is 0 Å². The van der Waals surface area contributed by atoms with Crippen LogP contribution < -0.4 is 16.6 Å². The number of amides is 1. The number of nitrogens with two attached hydrogens (primary N) is 1. The van der Waals surface area contributed by atoms with Crippen LogP contribution in [-0.2, 0) is 11.2 Å². The van der Waals surface area contributed by atoms with Gasteiger partial charge in [0.15, 0.2) is 5.82 Å². The van der Waals surface area contributed by atoms with Crippen molar-refractivity contribution in [2.75, 3.05) is 10.7 Å². The number of aromatic nitrogens is 2. The number of nitrogens with zero attached hydrogens (tertiary/aromatic N) is 2. The summed E-state index contributed by atoms with van der Waals surface area (Å²) in [5.74, 6) is 5.44. The van der Waals surface area contributed by atoms with Gasteiger partial charge in [-0.3, -0.25) is 4.79 Å². The first-order chi connectivity index (χ1) is 9.69. The van der Waals surface area contributed by atoms with Crippen LogP contribution in [0.1, 0.15) is 12.0 Å². The summed E-state index contributed by atoms with van der Waals surface area (Å²) in [5, 5.41) is 2.75. The van der Waals surface area contributed by atoms with Crippen LogP contribution in [0.15, 0.2) is 36.5 Å². The lowest BCUT2D eigenvalue weighted by molar-refractivity contribution is -0.116. The lowest BCUT2D eigenvalue weighted by Gasteiger charge is -2.09. The summed E-state index contributed by atoms with van der Waals surface area (Å²) >= 11 is 5.64. The molecule has 0 saturated carbocycles. The molecule has 20 heavy (non-hydrogen) atoms. The Morgan fingerprint density at radius 1 is 1.30 bits per heavy atom. The van der Waals surface area contributed by atoms with Crippen LogP contribution in [0.3, 0.4) is 0 Å². The van der Waals surface area contributed by atoms with Crippen LogP contribution in [0.5, 0.6) is 0 Å². The monoisotopic (exact) mass is 291 g/mol. The fraction of sp³-hybridized carbons (Fsp3) is 0.154. The molecule has 0 spiro atoms. The first-order valence-corrected chi connectivity index (χ1v) is 6.40. The Kier molecular flexibility index (Phi) is 4.86. The minimum absolute atomic E-state index is 0.0558. The maximum Gasteiger partial charge on any atom is 0.224 e. The summed E-state index contributed by atoms with van der Waals surface area (Å²) in [6.45, 7) is 0. The van der Waals surface area contributed by atoms with Gasteiger partial charge in [-0.25, -0.2) is 10.8 Å². The van der Waals surface area contributed by atoms with E-state index in [1.807, 2.05) is 30.3 Å². The molecule has 1 amide bonds. The van der Waals surface area contributed by atoms with E-state index in [-0.39, 0.29) is 17.0 Å². The number of carbonyl (C=O) groups is 1. The van der Waals surface area contributed by atoms with Gasteiger partial charge in [0.2, 0.25) is 11.2 Å². The minimum atomic E-state index is -0.142. The molecule has 0 aliphatic rings. The molecule has 0 saturated heterocycles. The summed E-state index contributed by atoms with van der Waals surface area (Å²) in [6, 6.07) is 9.78. The molecule has 7 heteroatoms. The van der Waals surface area contributed by atoms with Gasteiger partial charge in [-0.15, -0.1) is 0 Å². The molecule has 1 heterocycles. The number of carbonyl (C=O) groups excluding carboxylic acids is 1. The third-order valence-corrected chi connectivity index (χ3v) is 2.84. The molecule has 0 bridgehead atoms. The van der Waals surface area contributed by atoms with E-state index in [9.17, 15) is 4.79 Å². The van der Waals surface area contributed by atoms with Crippen molar-refractivity contribution < 1.29 is 4.79 Å². The van der Waals surface area contributed by atoms with E-state index < -0.39 is 0 Å². The van der Waals surface area contributed by atoms with E-state index in [0.717, 1.165) is 5.56 Å². The summed E-state index contributed by atoms with van der Waals surface area (Å²) in [5.41, 5.74) is 3.87. The topological polar surface area (TPSA) is 92.9 Å². The van der Waals surface area contributed by atoms with Gasteiger partial charge >= 0.3 is 0 Å². The maximum absolute atomic E-state index is 11.9. The van der Waals surface area contributed by atoms with Crippen LogP contribution in [0.25, 0.3) is 0 Å². The molecule has 0 atom stereocenters. The number of hydrazine groups is 1. The zero-order valence-electron chi connectivity index (χ0n) is 10.6. The molecular weight excluding hydrogens is 278 g/mol. The van der Waals surface area contributed by atoms with Gasteiger partial charge in [-0.05, 0) is 23.6 Å². The summed E-state index contributed by atoms with van der Waals surface area (Å²) in [7, 11) is 0. The average molecular weight is 292 g/mol. The minimum Gasteiger partial charge on any atom is -0.322 e. The molecule has 1 aromatic carbocycles. The Labute approximate surface area is 121 Å². The summed E-state index contributed by atoms with van der Waals surface area (Å²) in [4.78, 5) is 19.5. The zero-order valence-corrected chi connectivity index (χ0v) is 11.4. The molecule has 4 N–H and O–H groups in total. The quantitative estimate of drug-likeness (QED) is 0.445. The molecule has 0 fully saturated rings. The highest BCUT2D eigenvalue weighted by atomic mass is 35.5. The Balaban J connectivity index is 1.95. The van der Waals surface area contributed by atoms with E-state index in [4.69, 9.17) is 17.4 Å². The second kappa shape index (κ2) is 6.83. The number of nitrogens with one attached hydrogen (secondary N) is 2. The third kappa shape index (κ3) is 3.91. The molecule has 0 radical (unpaired) electrons. The Morgan fingerprint density at radius 2 is 2.05 bits per heavy atom. The van der Waals surface area contributed by atoms with Crippen LogP contribution in [0, 0.1) is 0 Å². The van der Waals surface area contributed by atoms with Crippen LogP contribution >= 0.6 is 11.6 Å². The van der Waals surface area contributed by atoms with Gasteiger partial charge < -0.3 is 10.7 Å².